The predicted octanol–water partition coefficient (Wildman–Crippen LogP) is 1.70. The van der Waals surface area contributed by atoms with E-state index in [0.717, 1.165) is 0 Å². The van der Waals surface area contributed by atoms with Gasteiger partial charge in [-0.3, -0.25) is 4.79 Å². The van der Waals surface area contributed by atoms with Gasteiger partial charge >= 0.3 is 6.18 Å². The monoisotopic (exact) mass is 180 g/mol. The molecule has 1 heterocycles. The summed E-state index contributed by atoms with van der Waals surface area (Å²) in [7, 11) is 0. The van der Waals surface area contributed by atoms with Crippen LogP contribution in [0.3, 0.4) is 0 Å². The average molecular weight is 180 g/mol. The zero-order valence-corrected chi connectivity index (χ0v) is 5.70. The second-order valence-corrected chi connectivity index (χ2v) is 2.14. The summed E-state index contributed by atoms with van der Waals surface area (Å²) in [5.74, 6) is 0. The molecule has 0 spiro atoms. The molecule has 0 saturated carbocycles. The van der Waals surface area contributed by atoms with Gasteiger partial charge in [0, 0.05) is 10.2 Å². The third-order valence-electron chi connectivity index (χ3n) is 1.15. The molecule has 0 aliphatic rings. The molecule has 5 heteroatoms. The van der Waals surface area contributed by atoms with Crippen molar-refractivity contribution in [3.63, 3.8) is 0 Å². The number of aryl methyl sites for hydroxylation is 1. The minimum Gasteiger partial charge on any atom is -0.318 e. The lowest BCUT2D eigenvalue weighted by Crippen LogP contribution is -2.15. The maximum atomic E-state index is 12.2. The molecule has 0 aliphatic heterocycles. The number of pyridine rings is 1. The van der Waals surface area contributed by atoms with Crippen molar-refractivity contribution in [1.82, 2.24) is 4.98 Å². The van der Waals surface area contributed by atoms with Crippen LogP contribution in [0.25, 0.3) is 0 Å². The Bertz CT molecular complexity index is 385. The van der Waals surface area contributed by atoms with E-state index in [1.165, 1.54) is 4.98 Å². The van der Waals surface area contributed by atoms with Gasteiger partial charge in [0.2, 0.25) is 5.56 Å². The number of aromatic nitrogens is 1. The van der Waals surface area contributed by atoms with E-state index in [9.17, 15) is 18.0 Å². The Morgan fingerprint density at radius 1 is 1.50 bits per heavy atom. The first-order chi connectivity index (χ1) is 6.60. The van der Waals surface area contributed by atoms with Crippen LogP contribution >= 0.6 is 0 Å². The van der Waals surface area contributed by atoms with Crippen LogP contribution in [0, 0.1) is 6.85 Å². The molecule has 0 saturated heterocycles. The van der Waals surface area contributed by atoms with Crippen molar-refractivity contribution in [3.8, 4) is 0 Å². The molecule has 12 heavy (non-hydrogen) atoms. The largest absolute Gasteiger partial charge is 0.431 e. The molecular weight excluding hydrogens is 171 g/mol. The van der Waals surface area contributed by atoms with Gasteiger partial charge in [-0.1, -0.05) is 0 Å². The second-order valence-electron chi connectivity index (χ2n) is 2.14. The molecule has 1 rings (SSSR count). The minimum absolute atomic E-state index is 0.411. The van der Waals surface area contributed by atoms with Gasteiger partial charge in [0.05, 0.1) is 0 Å². The SMILES string of the molecule is [2H]C([2H])([2H])c1cc(C(F)(F)F)[nH]c(=O)c1. The van der Waals surface area contributed by atoms with Crippen molar-refractivity contribution in [2.45, 2.75) is 13.0 Å². The van der Waals surface area contributed by atoms with E-state index < -0.39 is 29.8 Å². The molecule has 1 aromatic rings. The molecular formula is C7H6F3NO. The molecule has 0 unspecified atom stereocenters. The number of nitrogens with one attached hydrogen (secondary N) is 1. The summed E-state index contributed by atoms with van der Waals surface area (Å²) in [5, 5.41) is 0. The molecule has 0 aliphatic carbocycles. The summed E-state index contributed by atoms with van der Waals surface area (Å²) in [6, 6.07) is 1.04. The highest BCUT2D eigenvalue weighted by Gasteiger charge is 2.31. The first-order valence-corrected chi connectivity index (χ1v) is 2.93. The van der Waals surface area contributed by atoms with Gasteiger partial charge in [-0.25, -0.2) is 0 Å². The van der Waals surface area contributed by atoms with E-state index in [4.69, 9.17) is 4.11 Å². The van der Waals surface area contributed by atoms with Crippen LogP contribution in [0.5, 0.6) is 0 Å². The van der Waals surface area contributed by atoms with Crippen molar-refractivity contribution in [2.24, 2.45) is 0 Å². The quantitative estimate of drug-likeness (QED) is 0.647. The summed E-state index contributed by atoms with van der Waals surface area (Å²) in [4.78, 5) is 12.3. The third kappa shape index (κ3) is 1.87. The average Bonchev–Trinajstić information content (AvgIpc) is 1.99. The third-order valence-corrected chi connectivity index (χ3v) is 1.15. The van der Waals surface area contributed by atoms with Gasteiger partial charge in [-0.05, 0) is 18.5 Å². The molecule has 66 valence electrons. The number of halogens is 3. The molecule has 1 N–H and O–H groups in total. The van der Waals surface area contributed by atoms with Crippen molar-refractivity contribution in [2.75, 3.05) is 0 Å². The zero-order valence-electron chi connectivity index (χ0n) is 8.70. The van der Waals surface area contributed by atoms with E-state index >= 15 is 0 Å². The lowest BCUT2D eigenvalue weighted by atomic mass is 10.2. The highest BCUT2D eigenvalue weighted by molar-refractivity contribution is 5.16. The lowest BCUT2D eigenvalue weighted by Gasteiger charge is -2.05. The Balaban J connectivity index is 3.36. The van der Waals surface area contributed by atoms with E-state index in [2.05, 4.69) is 0 Å². The van der Waals surface area contributed by atoms with Crippen molar-refractivity contribution in [3.05, 3.63) is 33.7 Å². The summed E-state index contributed by atoms with van der Waals surface area (Å²) in [6.45, 7) is -2.73. The number of H-pyrrole nitrogens is 1. The molecule has 0 atom stereocenters. The molecule has 1 aromatic heterocycles. The summed E-state index contributed by atoms with van der Waals surface area (Å²) in [6.07, 6.45) is -4.76. The Labute approximate surface area is 70.3 Å². The minimum atomic E-state index is -4.76. The number of hydrogen-bond acceptors (Lipinski definition) is 1. The molecule has 0 radical (unpaired) electrons. The summed E-state index contributed by atoms with van der Waals surface area (Å²) >= 11 is 0. The van der Waals surface area contributed by atoms with Crippen molar-refractivity contribution < 1.29 is 17.3 Å². The summed E-state index contributed by atoms with van der Waals surface area (Å²) < 4.78 is 57.2. The highest BCUT2D eigenvalue weighted by Crippen LogP contribution is 2.26. The number of alkyl halides is 3. The summed E-state index contributed by atoms with van der Waals surface area (Å²) in [5.41, 5.74) is -3.07. The van der Waals surface area contributed by atoms with Crippen LogP contribution in [-0.2, 0) is 6.18 Å². The number of aromatic amines is 1. The maximum Gasteiger partial charge on any atom is 0.431 e. The van der Waals surface area contributed by atoms with Gasteiger partial charge in [0.25, 0.3) is 0 Å². The first-order valence-electron chi connectivity index (χ1n) is 4.43. The second kappa shape index (κ2) is 2.66. The van der Waals surface area contributed by atoms with Gasteiger partial charge in [0.15, 0.2) is 0 Å². The lowest BCUT2D eigenvalue weighted by molar-refractivity contribution is -0.141. The molecule has 0 bridgehead atoms. The van der Waals surface area contributed by atoms with E-state index in [-0.39, 0.29) is 0 Å². The fourth-order valence-electron chi connectivity index (χ4n) is 0.696. The van der Waals surface area contributed by atoms with Crippen LogP contribution in [0.1, 0.15) is 15.4 Å². The van der Waals surface area contributed by atoms with Gasteiger partial charge in [-0.15, -0.1) is 0 Å². The van der Waals surface area contributed by atoms with Crippen LogP contribution in [0.2, 0.25) is 0 Å². The first kappa shape index (κ1) is 5.40. The van der Waals surface area contributed by atoms with Crippen LogP contribution in [-0.4, -0.2) is 4.98 Å². The normalized spacial score (nSPS) is 16.4. The molecule has 0 amide bonds. The standard InChI is InChI=1S/C7H6F3NO/c1-4-2-5(7(8,9)10)11-6(12)3-4/h2-3H,1H3,(H,11,12)/i1D3. The van der Waals surface area contributed by atoms with Crippen LogP contribution in [0.15, 0.2) is 16.9 Å². The maximum absolute atomic E-state index is 12.2. The van der Waals surface area contributed by atoms with Crippen LogP contribution in [0.4, 0.5) is 13.2 Å². The van der Waals surface area contributed by atoms with Gasteiger partial charge < -0.3 is 4.98 Å². The topological polar surface area (TPSA) is 32.9 Å². The Morgan fingerprint density at radius 2 is 2.17 bits per heavy atom. The molecule has 2 nitrogen and oxygen atoms in total. The van der Waals surface area contributed by atoms with E-state index in [1.807, 2.05) is 0 Å². The van der Waals surface area contributed by atoms with E-state index in [0.29, 0.717) is 12.1 Å². The van der Waals surface area contributed by atoms with Crippen molar-refractivity contribution in [1.29, 1.82) is 0 Å². The number of hydrogen-bond donors (Lipinski definition) is 1. The highest BCUT2D eigenvalue weighted by atomic mass is 19.4. The van der Waals surface area contributed by atoms with Gasteiger partial charge in [-0.2, -0.15) is 13.2 Å². The fourth-order valence-corrected chi connectivity index (χ4v) is 0.696. The zero-order chi connectivity index (χ0) is 11.9. The smallest absolute Gasteiger partial charge is 0.318 e. The fraction of sp³-hybridized carbons (Fsp3) is 0.286. The predicted molar refractivity (Wildman–Crippen MR) is 36.8 cm³/mol. The van der Waals surface area contributed by atoms with Crippen molar-refractivity contribution >= 4 is 0 Å². The van der Waals surface area contributed by atoms with Crippen LogP contribution < -0.4 is 5.56 Å². The molecule has 0 fully saturated rings. The number of rotatable bonds is 0. The Hall–Kier alpha value is -1.26. The Morgan fingerprint density at radius 3 is 2.67 bits per heavy atom. The molecule has 0 aromatic carbocycles. The van der Waals surface area contributed by atoms with Gasteiger partial charge in [0.1, 0.15) is 5.69 Å². The van der Waals surface area contributed by atoms with E-state index in [1.54, 1.807) is 0 Å². The Kier molecular flexibility index (Phi) is 1.19.